The van der Waals surface area contributed by atoms with E-state index in [4.69, 9.17) is 4.74 Å². The van der Waals surface area contributed by atoms with Crippen LogP contribution in [0.15, 0.2) is 36.8 Å². The smallest absolute Gasteiger partial charge is 0.256 e. The Hall–Kier alpha value is -2.70. The van der Waals surface area contributed by atoms with Crippen molar-refractivity contribution in [2.24, 2.45) is 0 Å². The highest BCUT2D eigenvalue weighted by atomic mass is 16.5. The molecule has 0 bridgehead atoms. The Morgan fingerprint density at radius 1 is 1.15 bits per heavy atom. The molecule has 0 fully saturated rings. The molecule has 2 heterocycles. The second-order valence-electron chi connectivity index (χ2n) is 3.82. The van der Waals surface area contributed by atoms with Crippen molar-refractivity contribution in [2.45, 2.75) is 0 Å². The van der Waals surface area contributed by atoms with Crippen molar-refractivity contribution in [3.8, 4) is 5.88 Å². The van der Waals surface area contributed by atoms with E-state index in [2.05, 4.69) is 25.6 Å². The lowest BCUT2D eigenvalue weighted by atomic mass is 10.2. The van der Waals surface area contributed by atoms with E-state index in [1.54, 1.807) is 36.8 Å². The van der Waals surface area contributed by atoms with E-state index in [-0.39, 0.29) is 5.91 Å². The molecule has 0 atom stereocenters. The van der Waals surface area contributed by atoms with Gasteiger partial charge in [0.15, 0.2) is 0 Å². The fraction of sp³-hybridized carbons (Fsp3) is 0.231. The lowest BCUT2D eigenvalue weighted by molar-refractivity contribution is 0.0951. The van der Waals surface area contributed by atoms with Crippen molar-refractivity contribution in [3.63, 3.8) is 0 Å². The molecule has 0 aromatic carbocycles. The van der Waals surface area contributed by atoms with Crippen LogP contribution in [0.4, 0.5) is 5.95 Å². The quantitative estimate of drug-likeness (QED) is 0.754. The van der Waals surface area contributed by atoms with E-state index in [1.807, 2.05) is 0 Å². The molecule has 20 heavy (non-hydrogen) atoms. The molecule has 0 aliphatic carbocycles. The second kappa shape index (κ2) is 7.03. The van der Waals surface area contributed by atoms with Crippen molar-refractivity contribution in [1.82, 2.24) is 20.3 Å². The van der Waals surface area contributed by atoms with Gasteiger partial charge in [-0.25, -0.2) is 15.0 Å². The number of nitrogens with zero attached hydrogens (tertiary/aromatic N) is 3. The van der Waals surface area contributed by atoms with Crippen LogP contribution in [0.2, 0.25) is 0 Å². The van der Waals surface area contributed by atoms with Crippen LogP contribution < -0.4 is 15.4 Å². The standard InChI is InChI=1S/C13H15N5O2/c1-20-12-10(4-2-5-15-12)11(19)14-8-9-18-13-16-6-3-7-17-13/h2-7H,8-9H2,1H3,(H,14,19)(H,16,17,18). The average Bonchev–Trinajstić information content (AvgIpc) is 2.52. The highest BCUT2D eigenvalue weighted by molar-refractivity contribution is 5.96. The molecule has 0 spiro atoms. The first-order valence-corrected chi connectivity index (χ1v) is 6.09. The first kappa shape index (κ1) is 13.7. The van der Waals surface area contributed by atoms with Crippen LogP contribution in [0.25, 0.3) is 0 Å². The number of hydrogen-bond donors (Lipinski definition) is 2. The molecular formula is C13H15N5O2. The molecule has 7 heteroatoms. The maximum Gasteiger partial charge on any atom is 0.256 e. The minimum absolute atomic E-state index is 0.231. The van der Waals surface area contributed by atoms with Gasteiger partial charge in [0, 0.05) is 31.7 Å². The zero-order chi connectivity index (χ0) is 14.2. The molecule has 104 valence electrons. The number of anilines is 1. The summed E-state index contributed by atoms with van der Waals surface area (Å²) in [5, 5.41) is 5.76. The summed E-state index contributed by atoms with van der Waals surface area (Å²) in [6.45, 7) is 0.966. The van der Waals surface area contributed by atoms with E-state index in [9.17, 15) is 4.79 Å². The summed E-state index contributed by atoms with van der Waals surface area (Å²) in [6.07, 6.45) is 4.87. The number of rotatable bonds is 6. The molecule has 0 radical (unpaired) electrons. The molecule has 0 saturated carbocycles. The third kappa shape index (κ3) is 3.64. The first-order valence-electron chi connectivity index (χ1n) is 6.09. The summed E-state index contributed by atoms with van der Waals surface area (Å²) in [4.78, 5) is 24.0. The van der Waals surface area contributed by atoms with Gasteiger partial charge in [-0.15, -0.1) is 0 Å². The van der Waals surface area contributed by atoms with Crippen LogP contribution in [0.3, 0.4) is 0 Å². The number of hydrogen-bond acceptors (Lipinski definition) is 6. The Morgan fingerprint density at radius 3 is 2.65 bits per heavy atom. The van der Waals surface area contributed by atoms with Gasteiger partial charge in [-0.1, -0.05) is 0 Å². The third-order valence-corrected chi connectivity index (χ3v) is 2.47. The van der Waals surface area contributed by atoms with Gasteiger partial charge in [-0.05, 0) is 18.2 Å². The molecule has 2 aromatic rings. The summed E-state index contributed by atoms with van der Waals surface area (Å²) in [5.41, 5.74) is 0.408. The Balaban J connectivity index is 1.81. The molecule has 1 amide bonds. The van der Waals surface area contributed by atoms with Crippen LogP contribution in [0, 0.1) is 0 Å². The van der Waals surface area contributed by atoms with Crippen molar-refractivity contribution >= 4 is 11.9 Å². The Labute approximate surface area is 116 Å². The zero-order valence-corrected chi connectivity index (χ0v) is 11.0. The van der Waals surface area contributed by atoms with Crippen LogP contribution >= 0.6 is 0 Å². The van der Waals surface area contributed by atoms with Crippen LogP contribution in [0.5, 0.6) is 5.88 Å². The molecule has 7 nitrogen and oxygen atoms in total. The molecule has 2 aromatic heterocycles. The number of carbonyl (C=O) groups is 1. The van der Waals surface area contributed by atoms with E-state index in [0.717, 1.165) is 0 Å². The third-order valence-electron chi connectivity index (χ3n) is 2.47. The lowest BCUT2D eigenvalue weighted by Crippen LogP contribution is -2.29. The van der Waals surface area contributed by atoms with Crippen LogP contribution in [-0.4, -0.2) is 41.1 Å². The molecule has 0 aliphatic rings. The average molecular weight is 273 g/mol. The van der Waals surface area contributed by atoms with Gasteiger partial charge in [-0.3, -0.25) is 4.79 Å². The van der Waals surface area contributed by atoms with Gasteiger partial charge in [0.2, 0.25) is 11.8 Å². The van der Waals surface area contributed by atoms with Gasteiger partial charge in [-0.2, -0.15) is 0 Å². The summed E-state index contributed by atoms with van der Waals surface area (Å²) in [7, 11) is 1.48. The van der Waals surface area contributed by atoms with Crippen molar-refractivity contribution in [2.75, 3.05) is 25.5 Å². The molecule has 0 unspecified atom stereocenters. The maximum absolute atomic E-state index is 11.9. The Morgan fingerprint density at radius 2 is 1.90 bits per heavy atom. The van der Waals surface area contributed by atoms with Crippen molar-refractivity contribution < 1.29 is 9.53 Å². The van der Waals surface area contributed by atoms with Gasteiger partial charge in [0.25, 0.3) is 5.91 Å². The number of amides is 1. The van der Waals surface area contributed by atoms with Gasteiger partial charge < -0.3 is 15.4 Å². The van der Waals surface area contributed by atoms with E-state index in [0.29, 0.717) is 30.5 Å². The van der Waals surface area contributed by atoms with Gasteiger partial charge in [0.05, 0.1) is 7.11 Å². The summed E-state index contributed by atoms with van der Waals surface area (Å²) >= 11 is 0. The minimum Gasteiger partial charge on any atom is -0.480 e. The van der Waals surface area contributed by atoms with Crippen LogP contribution in [-0.2, 0) is 0 Å². The molecular weight excluding hydrogens is 258 g/mol. The summed E-state index contributed by atoms with van der Waals surface area (Å²) < 4.78 is 5.03. The molecule has 0 aliphatic heterocycles. The van der Waals surface area contributed by atoms with Gasteiger partial charge >= 0.3 is 0 Å². The number of pyridine rings is 1. The zero-order valence-electron chi connectivity index (χ0n) is 11.0. The van der Waals surface area contributed by atoms with Gasteiger partial charge in [0.1, 0.15) is 5.56 Å². The summed E-state index contributed by atoms with van der Waals surface area (Å²) in [5.74, 6) is 0.607. The number of ether oxygens (including phenoxy) is 1. The first-order chi connectivity index (χ1) is 9.81. The minimum atomic E-state index is -0.231. The monoisotopic (exact) mass is 273 g/mol. The predicted octanol–water partition coefficient (Wildman–Crippen LogP) is 0.722. The van der Waals surface area contributed by atoms with E-state index >= 15 is 0 Å². The second-order valence-corrected chi connectivity index (χ2v) is 3.82. The fourth-order valence-electron chi connectivity index (χ4n) is 1.56. The Kier molecular flexibility index (Phi) is 4.82. The fourth-order valence-corrected chi connectivity index (χ4v) is 1.56. The Bertz CT molecular complexity index is 562. The van der Waals surface area contributed by atoms with Crippen molar-refractivity contribution in [3.05, 3.63) is 42.4 Å². The molecule has 2 N–H and O–H groups in total. The normalized spacial score (nSPS) is 9.85. The lowest BCUT2D eigenvalue weighted by Gasteiger charge is -2.08. The van der Waals surface area contributed by atoms with Crippen molar-refractivity contribution in [1.29, 1.82) is 0 Å². The number of carbonyl (C=O) groups excluding carboxylic acids is 1. The molecule has 2 rings (SSSR count). The van der Waals surface area contributed by atoms with E-state index in [1.165, 1.54) is 7.11 Å². The van der Waals surface area contributed by atoms with E-state index < -0.39 is 0 Å². The highest BCUT2D eigenvalue weighted by Gasteiger charge is 2.11. The molecule has 0 saturated heterocycles. The van der Waals surface area contributed by atoms with Crippen LogP contribution in [0.1, 0.15) is 10.4 Å². The highest BCUT2D eigenvalue weighted by Crippen LogP contribution is 2.12. The number of methoxy groups -OCH3 is 1. The predicted molar refractivity (Wildman–Crippen MR) is 73.6 cm³/mol. The largest absolute Gasteiger partial charge is 0.480 e. The SMILES string of the molecule is COc1ncccc1C(=O)NCCNc1ncccn1. The topological polar surface area (TPSA) is 89.0 Å². The number of aromatic nitrogens is 3. The number of nitrogens with one attached hydrogen (secondary N) is 2. The summed E-state index contributed by atoms with van der Waals surface area (Å²) in [6, 6.07) is 5.09. The maximum atomic E-state index is 11.9.